The minimum absolute atomic E-state index is 0.0846. The molecule has 0 bridgehead atoms. The summed E-state index contributed by atoms with van der Waals surface area (Å²) >= 11 is 1.58. The number of thiazole rings is 1. The highest BCUT2D eigenvalue weighted by Crippen LogP contribution is 2.17. The third-order valence-corrected chi connectivity index (χ3v) is 5.56. The lowest BCUT2D eigenvalue weighted by molar-refractivity contribution is -0.0444. The molecule has 1 saturated heterocycles. The van der Waals surface area contributed by atoms with Crippen LogP contribution in [0.3, 0.4) is 0 Å². The third-order valence-electron chi connectivity index (χ3n) is 3.15. The molecule has 1 N–H and O–H groups in total. The molecular weight excluding hydrogens is 298 g/mol. The van der Waals surface area contributed by atoms with Crippen LogP contribution in [-0.4, -0.2) is 43.0 Å². The van der Waals surface area contributed by atoms with Gasteiger partial charge in [0.05, 0.1) is 29.5 Å². The molecule has 2 heterocycles. The fraction of sp³-hybridized carbons (Fsp3) is 0.750. The summed E-state index contributed by atoms with van der Waals surface area (Å²) in [6.45, 7) is 8.63. The van der Waals surface area contributed by atoms with Gasteiger partial charge in [0.25, 0.3) is 10.2 Å². The number of ether oxygens (including phenoxy) is 1. The molecule has 0 saturated carbocycles. The molecule has 114 valence electrons. The summed E-state index contributed by atoms with van der Waals surface area (Å²) in [6, 6.07) is 0. The van der Waals surface area contributed by atoms with Crippen molar-refractivity contribution in [2.75, 3.05) is 13.1 Å². The van der Waals surface area contributed by atoms with Gasteiger partial charge in [-0.1, -0.05) is 0 Å². The van der Waals surface area contributed by atoms with Crippen molar-refractivity contribution in [2.45, 2.75) is 46.4 Å². The predicted molar refractivity (Wildman–Crippen MR) is 78.9 cm³/mol. The normalized spacial score (nSPS) is 25.0. The van der Waals surface area contributed by atoms with Gasteiger partial charge in [-0.25, -0.2) is 4.98 Å². The lowest BCUT2D eigenvalue weighted by atomic mass is 10.3. The summed E-state index contributed by atoms with van der Waals surface area (Å²) in [4.78, 5) is 5.39. The number of hydrogen-bond acceptors (Lipinski definition) is 5. The van der Waals surface area contributed by atoms with Crippen LogP contribution in [0.2, 0.25) is 0 Å². The topological polar surface area (TPSA) is 71.5 Å². The Balaban J connectivity index is 2.02. The van der Waals surface area contributed by atoms with Gasteiger partial charge in [-0.2, -0.15) is 17.4 Å². The lowest BCUT2D eigenvalue weighted by Crippen LogP contribution is -2.51. The Hall–Kier alpha value is -0.540. The van der Waals surface area contributed by atoms with Crippen LogP contribution in [0.1, 0.15) is 29.4 Å². The van der Waals surface area contributed by atoms with E-state index in [-0.39, 0.29) is 18.8 Å². The van der Waals surface area contributed by atoms with Gasteiger partial charge in [0.15, 0.2) is 0 Å². The number of aryl methyl sites for hydroxylation is 2. The first-order chi connectivity index (χ1) is 9.28. The summed E-state index contributed by atoms with van der Waals surface area (Å²) in [6.07, 6.45) is -0.169. The largest absolute Gasteiger partial charge is 0.373 e. The molecule has 1 aliphatic rings. The summed E-state index contributed by atoms with van der Waals surface area (Å²) in [5.74, 6) is 0. The van der Waals surface area contributed by atoms with Crippen LogP contribution in [0.15, 0.2) is 0 Å². The van der Waals surface area contributed by atoms with E-state index in [1.807, 2.05) is 27.7 Å². The molecule has 0 aromatic carbocycles. The SMILES string of the molecule is Cc1nc(CNS(=O)(=O)N2C[C@@H](C)O[C@H](C)C2)c(C)s1. The fourth-order valence-electron chi connectivity index (χ4n) is 2.31. The van der Waals surface area contributed by atoms with E-state index >= 15 is 0 Å². The molecule has 2 rings (SSSR count). The van der Waals surface area contributed by atoms with Crippen molar-refractivity contribution < 1.29 is 13.2 Å². The van der Waals surface area contributed by atoms with E-state index in [0.29, 0.717) is 13.1 Å². The van der Waals surface area contributed by atoms with Gasteiger partial charge >= 0.3 is 0 Å². The zero-order valence-electron chi connectivity index (χ0n) is 12.2. The van der Waals surface area contributed by atoms with E-state index in [0.717, 1.165) is 15.6 Å². The quantitative estimate of drug-likeness (QED) is 0.905. The maximum absolute atomic E-state index is 12.3. The molecule has 8 heteroatoms. The molecule has 1 aromatic rings. The molecule has 1 aromatic heterocycles. The summed E-state index contributed by atoms with van der Waals surface area (Å²) in [5, 5.41) is 0.949. The number of aromatic nitrogens is 1. The average Bonchev–Trinajstić information content (AvgIpc) is 2.64. The van der Waals surface area contributed by atoms with Gasteiger partial charge in [0.2, 0.25) is 0 Å². The van der Waals surface area contributed by atoms with Gasteiger partial charge in [0, 0.05) is 18.0 Å². The molecule has 0 amide bonds. The lowest BCUT2D eigenvalue weighted by Gasteiger charge is -2.34. The zero-order chi connectivity index (χ0) is 14.9. The van der Waals surface area contributed by atoms with Crippen LogP contribution in [0.25, 0.3) is 0 Å². The first-order valence-corrected chi connectivity index (χ1v) is 8.86. The summed E-state index contributed by atoms with van der Waals surface area (Å²) < 4.78 is 34.2. The van der Waals surface area contributed by atoms with E-state index in [9.17, 15) is 8.42 Å². The average molecular weight is 319 g/mol. The first-order valence-electron chi connectivity index (χ1n) is 6.61. The maximum Gasteiger partial charge on any atom is 0.279 e. The van der Waals surface area contributed by atoms with Crippen molar-refractivity contribution >= 4 is 21.5 Å². The van der Waals surface area contributed by atoms with E-state index in [2.05, 4.69) is 9.71 Å². The minimum Gasteiger partial charge on any atom is -0.373 e. The van der Waals surface area contributed by atoms with Gasteiger partial charge < -0.3 is 4.74 Å². The fourth-order valence-corrected chi connectivity index (χ4v) is 4.46. The second-order valence-electron chi connectivity index (χ2n) is 5.14. The van der Waals surface area contributed by atoms with Crippen LogP contribution in [-0.2, 0) is 21.5 Å². The van der Waals surface area contributed by atoms with Gasteiger partial charge in [-0.3, -0.25) is 0 Å². The van der Waals surface area contributed by atoms with E-state index in [1.165, 1.54) is 4.31 Å². The number of nitrogens with one attached hydrogen (secondary N) is 1. The third kappa shape index (κ3) is 3.76. The minimum atomic E-state index is -3.49. The number of morpholine rings is 1. The smallest absolute Gasteiger partial charge is 0.279 e. The Labute approximate surface area is 124 Å². The molecule has 0 radical (unpaired) electrons. The van der Waals surface area contributed by atoms with Crippen LogP contribution >= 0.6 is 11.3 Å². The van der Waals surface area contributed by atoms with Gasteiger partial charge in [-0.05, 0) is 27.7 Å². The molecule has 0 aliphatic carbocycles. The van der Waals surface area contributed by atoms with Crippen molar-refractivity contribution in [3.8, 4) is 0 Å². The monoisotopic (exact) mass is 319 g/mol. The van der Waals surface area contributed by atoms with Gasteiger partial charge in [0.1, 0.15) is 0 Å². The van der Waals surface area contributed by atoms with Crippen molar-refractivity contribution in [3.05, 3.63) is 15.6 Å². The highest BCUT2D eigenvalue weighted by molar-refractivity contribution is 7.87. The molecule has 1 fully saturated rings. The molecule has 0 spiro atoms. The van der Waals surface area contributed by atoms with E-state index in [1.54, 1.807) is 11.3 Å². The molecule has 2 atom stereocenters. The standard InChI is InChI=1S/C12H21N3O3S2/c1-8-6-15(7-9(2)18-8)20(16,17)13-5-12-10(3)19-11(4)14-12/h8-9,13H,5-7H2,1-4H3/t8-,9-/m1/s1. The van der Waals surface area contributed by atoms with Crippen molar-refractivity contribution in [1.29, 1.82) is 0 Å². The Kier molecular flexibility index (Phi) is 4.80. The molecule has 6 nitrogen and oxygen atoms in total. The number of hydrogen-bond donors (Lipinski definition) is 1. The van der Waals surface area contributed by atoms with Crippen molar-refractivity contribution in [1.82, 2.24) is 14.0 Å². The number of rotatable bonds is 4. The highest BCUT2D eigenvalue weighted by Gasteiger charge is 2.30. The second kappa shape index (κ2) is 6.07. The predicted octanol–water partition coefficient (Wildman–Crippen LogP) is 1.20. The second-order valence-corrected chi connectivity index (χ2v) is 8.30. The van der Waals surface area contributed by atoms with Crippen LogP contribution in [0, 0.1) is 13.8 Å². The van der Waals surface area contributed by atoms with Crippen molar-refractivity contribution in [2.24, 2.45) is 0 Å². The Bertz CT molecular complexity index is 561. The van der Waals surface area contributed by atoms with E-state index in [4.69, 9.17) is 4.74 Å². The molecule has 1 aliphatic heterocycles. The van der Waals surface area contributed by atoms with Crippen LogP contribution in [0.5, 0.6) is 0 Å². The Morgan fingerprint density at radius 2 is 1.95 bits per heavy atom. The highest BCUT2D eigenvalue weighted by atomic mass is 32.2. The molecule has 20 heavy (non-hydrogen) atoms. The van der Waals surface area contributed by atoms with E-state index < -0.39 is 10.2 Å². The molecular formula is C12H21N3O3S2. The van der Waals surface area contributed by atoms with Gasteiger partial charge in [-0.15, -0.1) is 11.3 Å². The summed E-state index contributed by atoms with van der Waals surface area (Å²) in [7, 11) is -3.49. The van der Waals surface area contributed by atoms with Crippen LogP contribution in [0.4, 0.5) is 0 Å². The van der Waals surface area contributed by atoms with Crippen LogP contribution < -0.4 is 4.72 Å². The molecule has 0 unspecified atom stereocenters. The number of nitrogens with zero attached hydrogens (tertiary/aromatic N) is 2. The maximum atomic E-state index is 12.3. The summed E-state index contributed by atoms with van der Waals surface area (Å²) in [5.41, 5.74) is 0.797. The zero-order valence-corrected chi connectivity index (χ0v) is 13.8. The Morgan fingerprint density at radius 3 is 2.45 bits per heavy atom. The van der Waals surface area contributed by atoms with Crippen molar-refractivity contribution in [3.63, 3.8) is 0 Å². The Morgan fingerprint density at radius 1 is 1.35 bits per heavy atom. The first kappa shape index (κ1) is 15.8.